The molecule has 1 amide bonds. The number of carbonyl (C=O) groups excluding carboxylic acids is 1. The van der Waals surface area contributed by atoms with E-state index in [1.807, 2.05) is 13.0 Å². The van der Waals surface area contributed by atoms with Crippen LogP contribution in [-0.4, -0.2) is 17.4 Å². The lowest BCUT2D eigenvalue weighted by molar-refractivity contribution is -0.123. The number of carbonyl (C=O) groups is 1. The molecule has 0 aliphatic heterocycles. The smallest absolute Gasteiger partial charge is 0.229 e. The standard InChI is InChI=1S/C15H20N2OS/c1-2-5-13(14(16)19)15(18)17-9-11-8-10-6-3-4-7-12(10)11/h3-4,6-7,11,13H,2,5,8-9H2,1H3,(H2,16,19)(H,17,18). The van der Waals surface area contributed by atoms with Gasteiger partial charge in [-0.3, -0.25) is 4.79 Å². The van der Waals surface area contributed by atoms with E-state index in [4.69, 9.17) is 18.0 Å². The fourth-order valence-electron chi connectivity index (χ4n) is 2.58. The van der Waals surface area contributed by atoms with Crippen LogP contribution >= 0.6 is 12.2 Å². The van der Waals surface area contributed by atoms with Gasteiger partial charge < -0.3 is 11.1 Å². The van der Waals surface area contributed by atoms with E-state index in [0.717, 1.165) is 19.3 Å². The van der Waals surface area contributed by atoms with E-state index < -0.39 is 0 Å². The lowest BCUT2D eigenvalue weighted by atomic mass is 9.77. The Morgan fingerprint density at radius 3 is 2.89 bits per heavy atom. The SMILES string of the molecule is CCCC(C(=O)NCC1Cc2ccccc21)C(N)=S. The van der Waals surface area contributed by atoms with Crippen LogP contribution in [-0.2, 0) is 11.2 Å². The van der Waals surface area contributed by atoms with Gasteiger partial charge in [0.2, 0.25) is 5.91 Å². The predicted octanol–water partition coefficient (Wildman–Crippen LogP) is 2.14. The summed E-state index contributed by atoms with van der Waals surface area (Å²) in [5.74, 6) is 0.0859. The van der Waals surface area contributed by atoms with Crippen LogP contribution in [0, 0.1) is 5.92 Å². The van der Waals surface area contributed by atoms with Crippen LogP contribution in [0.4, 0.5) is 0 Å². The zero-order chi connectivity index (χ0) is 13.8. The topological polar surface area (TPSA) is 55.1 Å². The molecule has 0 heterocycles. The first kappa shape index (κ1) is 14.0. The summed E-state index contributed by atoms with van der Waals surface area (Å²) in [5, 5.41) is 2.99. The summed E-state index contributed by atoms with van der Waals surface area (Å²) in [6, 6.07) is 8.37. The molecule has 2 atom stereocenters. The number of nitrogens with two attached hydrogens (primary N) is 1. The van der Waals surface area contributed by atoms with Crippen molar-refractivity contribution >= 4 is 23.1 Å². The third kappa shape index (κ3) is 3.13. The van der Waals surface area contributed by atoms with Gasteiger partial charge in [0, 0.05) is 12.5 Å². The Hall–Kier alpha value is -1.42. The molecule has 0 saturated carbocycles. The number of nitrogens with one attached hydrogen (secondary N) is 1. The van der Waals surface area contributed by atoms with Gasteiger partial charge in [0.15, 0.2) is 0 Å². The number of amides is 1. The van der Waals surface area contributed by atoms with E-state index in [-0.39, 0.29) is 11.8 Å². The van der Waals surface area contributed by atoms with Crippen LogP contribution in [0.3, 0.4) is 0 Å². The van der Waals surface area contributed by atoms with Crippen molar-refractivity contribution in [2.45, 2.75) is 32.1 Å². The van der Waals surface area contributed by atoms with Gasteiger partial charge in [0.05, 0.1) is 10.9 Å². The molecule has 1 aromatic rings. The van der Waals surface area contributed by atoms with Gasteiger partial charge in [-0.05, 0) is 24.0 Å². The minimum atomic E-state index is -0.324. The third-order valence-electron chi connectivity index (χ3n) is 3.72. The molecule has 0 aromatic heterocycles. The Balaban J connectivity index is 1.86. The second kappa shape index (κ2) is 6.15. The van der Waals surface area contributed by atoms with Crippen LogP contribution in [0.2, 0.25) is 0 Å². The highest BCUT2D eigenvalue weighted by Crippen LogP contribution is 2.34. The largest absolute Gasteiger partial charge is 0.393 e. The number of rotatable bonds is 6. The van der Waals surface area contributed by atoms with Gasteiger partial charge in [-0.15, -0.1) is 0 Å². The molecule has 19 heavy (non-hydrogen) atoms. The Bertz CT molecular complexity index is 487. The Morgan fingerprint density at radius 1 is 1.53 bits per heavy atom. The van der Waals surface area contributed by atoms with Gasteiger partial charge in [-0.25, -0.2) is 0 Å². The Kier molecular flexibility index (Phi) is 4.53. The van der Waals surface area contributed by atoms with E-state index >= 15 is 0 Å². The average molecular weight is 276 g/mol. The van der Waals surface area contributed by atoms with E-state index in [1.54, 1.807) is 0 Å². The normalized spacial score (nSPS) is 18.1. The van der Waals surface area contributed by atoms with Crippen molar-refractivity contribution in [1.82, 2.24) is 5.32 Å². The highest BCUT2D eigenvalue weighted by Gasteiger charge is 2.27. The van der Waals surface area contributed by atoms with Crippen molar-refractivity contribution < 1.29 is 4.79 Å². The second-order valence-electron chi connectivity index (χ2n) is 5.09. The minimum Gasteiger partial charge on any atom is -0.393 e. The van der Waals surface area contributed by atoms with Gasteiger partial charge >= 0.3 is 0 Å². The summed E-state index contributed by atoms with van der Waals surface area (Å²) in [6.45, 7) is 2.71. The first-order valence-corrected chi connectivity index (χ1v) is 7.19. The lowest BCUT2D eigenvalue weighted by Gasteiger charge is -2.30. The molecule has 0 radical (unpaired) electrons. The van der Waals surface area contributed by atoms with Gasteiger partial charge in [-0.2, -0.15) is 0 Å². The molecule has 2 rings (SSSR count). The van der Waals surface area contributed by atoms with Crippen molar-refractivity contribution in [3.63, 3.8) is 0 Å². The highest BCUT2D eigenvalue weighted by atomic mass is 32.1. The van der Waals surface area contributed by atoms with E-state index in [0.29, 0.717) is 17.5 Å². The van der Waals surface area contributed by atoms with Crippen molar-refractivity contribution in [2.75, 3.05) is 6.54 Å². The van der Waals surface area contributed by atoms with Crippen molar-refractivity contribution in [3.05, 3.63) is 35.4 Å². The van der Waals surface area contributed by atoms with Gasteiger partial charge in [-0.1, -0.05) is 49.8 Å². The minimum absolute atomic E-state index is 0.0290. The summed E-state index contributed by atoms with van der Waals surface area (Å²) < 4.78 is 0. The van der Waals surface area contributed by atoms with Crippen LogP contribution in [0.15, 0.2) is 24.3 Å². The first-order valence-electron chi connectivity index (χ1n) is 6.78. The second-order valence-corrected chi connectivity index (χ2v) is 5.56. The van der Waals surface area contributed by atoms with Crippen LogP contribution < -0.4 is 11.1 Å². The molecule has 3 nitrogen and oxygen atoms in total. The Morgan fingerprint density at radius 2 is 2.26 bits per heavy atom. The Labute approximate surface area is 119 Å². The molecule has 4 heteroatoms. The molecule has 1 aromatic carbocycles. The molecule has 102 valence electrons. The van der Waals surface area contributed by atoms with Gasteiger partial charge in [0.25, 0.3) is 0 Å². The lowest BCUT2D eigenvalue weighted by Crippen LogP contribution is -2.41. The monoisotopic (exact) mass is 276 g/mol. The van der Waals surface area contributed by atoms with Crippen molar-refractivity contribution in [1.29, 1.82) is 0 Å². The summed E-state index contributed by atoms with van der Waals surface area (Å²) in [7, 11) is 0. The molecule has 0 saturated heterocycles. The number of hydrogen-bond acceptors (Lipinski definition) is 2. The zero-order valence-corrected chi connectivity index (χ0v) is 12.0. The van der Waals surface area contributed by atoms with Crippen molar-refractivity contribution in [2.24, 2.45) is 11.7 Å². The summed E-state index contributed by atoms with van der Waals surface area (Å²) in [4.78, 5) is 12.4. The van der Waals surface area contributed by atoms with Crippen LogP contribution in [0.1, 0.15) is 36.8 Å². The maximum absolute atomic E-state index is 12.1. The molecule has 0 bridgehead atoms. The van der Waals surface area contributed by atoms with Crippen LogP contribution in [0.5, 0.6) is 0 Å². The average Bonchev–Trinajstić information content (AvgIpc) is 2.36. The quantitative estimate of drug-likeness (QED) is 0.783. The summed E-state index contributed by atoms with van der Waals surface area (Å²) >= 11 is 4.96. The van der Waals surface area contributed by atoms with E-state index in [2.05, 4.69) is 23.5 Å². The number of thiocarbonyl (C=S) groups is 1. The molecule has 1 aliphatic rings. The summed E-state index contributed by atoms with van der Waals surface area (Å²) in [5.41, 5.74) is 8.37. The van der Waals surface area contributed by atoms with Crippen LogP contribution in [0.25, 0.3) is 0 Å². The highest BCUT2D eigenvalue weighted by molar-refractivity contribution is 7.80. The van der Waals surface area contributed by atoms with Crippen molar-refractivity contribution in [3.8, 4) is 0 Å². The first-order chi connectivity index (χ1) is 9.13. The number of hydrogen-bond donors (Lipinski definition) is 2. The summed E-state index contributed by atoms with van der Waals surface area (Å²) in [6.07, 6.45) is 2.67. The molecular weight excluding hydrogens is 256 g/mol. The molecule has 0 spiro atoms. The number of benzene rings is 1. The van der Waals surface area contributed by atoms with Gasteiger partial charge in [0.1, 0.15) is 0 Å². The molecular formula is C15H20N2OS. The molecule has 3 N–H and O–H groups in total. The molecule has 1 aliphatic carbocycles. The zero-order valence-electron chi connectivity index (χ0n) is 11.2. The maximum atomic E-state index is 12.1. The fourth-order valence-corrected chi connectivity index (χ4v) is 2.81. The number of fused-ring (bicyclic) bond motifs is 1. The fraction of sp³-hybridized carbons (Fsp3) is 0.467. The predicted molar refractivity (Wildman–Crippen MR) is 81.1 cm³/mol. The molecule has 0 fully saturated rings. The van der Waals surface area contributed by atoms with E-state index in [1.165, 1.54) is 11.1 Å². The molecule has 2 unspecified atom stereocenters. The third-order valence-corrected chi connectivity index (χ3v) is 4.01. The maximum Gasteiger partial charge on any atom is 0.229 e. The van der Waals surface area contributed by atoms with E-state index in [9.17, 15) is 4.79 Å².